The molecular weight excluding hydrogens is 262 g/mol. The number of carbonyl (C=O) groups excluding carboxylic acids is 1. The van der Waals surface area contributed by atoms with Crippen molar-refractivity contribution in [2.45, 2.75) is 44.7 Å². The molecule has 0 spiro atoms. The second-order valence-corrected chi connectivity index (χ2v) is 5.81. The van der Waals surface area contributed by atoms with Crippen molar-refractivity contribution in [2.75, 3.05) is 19.6 Å². The number of rotatable bonds is 7. The normalized spacial score (nSPS) is 16.1. The number of hydrogen-bond donors (Lipinski definition) is 2. The number of nitrogens with two attached hydrogens (primary N) is 1. The highest BCUT2D eigenvalue weighted by Crippen LogP contribution is 2.22. The molecule has 4 nitrogen and oxygen atoms in total. The summed E-state index contributed by atoms with van der Waals surface area (Å²) in [4.78, 5) is 14.4. The fourth-order valence-electron chi connectivity index (χ4n) is 3.04. The average molecular weight is 289 g/mol. The molecule has 0 aliphatic heterocycles. The number of carbonyl (C=O) groups is 1. The van der Waals surface area contributed by atoms with Gasteiger partial charge in [-0.1, -0.05) is 49.6 Å². The minimum Gasteiger partial charge on any atom is -0.351 e. The van der Waals surface area contributed by atoms with Gasteiger partial charge in [-0.25, -0.2) is 0 Å². The Balaban J connectivity index is 1.80. The van der Waals surface area contributed by atoms with Crippen molar-refractivity contribution in [3.8, 4) is 0 Å². The maximum absolute atomic E-state index is 12.2. The summed E-state index contributed by atoms with van der Waals surface area (Å²) in [6.07, 6.45) is 6.28. The van der Waals surface area contributed by atoms with E-state index in [1.807, 2.05) is 30.3 Å². The smallest absolute Gasteiger partial charge is 0.234 e. The molecule has 0 radical (unpaired) electrons. The number of amides is 1. The van der Waals surface area contributed by atoms with Crippen LogP contribution in [0.4, 0.5) is 0 Å². The van der Waals surface area contributed by atoms with Crippen LogP contribution in [0, 0.1) is 0 Å². The molecule has 0 heterocycles. The van der Waals surface area contributed by atoms with E-state index in [1.54, 1.807) is 0 Å². The van der Waals surface area contributed by atoms with Crippen molar-refractivity contribution in [1.29, 1.82) is 0 Å². The minimum absolute atomic E-state index is 0.0953. The van der Waals surface area contributed by atoms with Crippen LogP contribution in [0.3, 0.4) is 0 Å². The lowest BCUT2D eigenvalue weighted by molar-refractivity contribution is -0.123. The van der Waals surface area contributed by atoms with E-state index in [1.165, 1.54) is 32.1 Å². The van der Waals surface area contributed by atoms with Gasteiger partial charge in [-0.05, 0) is 18.4 Å². The van der Waals surface area contributed by atoms with Gasteiger partial charge >= 0.3 is 0 Å². The van der Waals surface area contributed by atoms with Gasteiger partial charge in [0.05, 0.1) is 6.54 Å². The molecule has 4 heteroatoms. The number of nitrogens with one attached hydrogen (secondary N) is 1. The quantitative estimate of drug-likeness (QED) is 0.806. The first-order chi connectivity index (χ1) is 10.3. The van der Waals surface area contributed by atoms with Crippen LogP contribution in [0.5, 0.6) is 0 Å². The molecular formula is C17H27N3O. The molecule has 1 aliphatic rings. The van der Waals surface area contributed by atoms with E-state index in [-0.39, 0.29) is 5.91 Å². The van der Waals surface area contributed by atoms with Crippen LogP contribution in [0.25, 0.3) is 0 Å². The maximum Gasteiger partial charge on any atom is 0.234 e. The molecule has 21 heavy (non-hydrogen) atoms. The van der Waals surface area contributed by atoms with Crippen LogP contribution in [0.1, 0.15) is 37.7 Å². The summed E-state index contributed by atoms with van der Waals surface area (Å²) in [7, 11) is 0. The summed E-state index contributed by atoms with van der Waals surface area (Å²) >= 11 is 0. The Kier molecular flexibility index (Phi) is 6.70. The lowest BCUT2D eigenvalue weighted by atomic mass is 9.94. The van der Waals surface area contributed by atoms with E-state index >= 15 is 0 Å². The monoisotopic (exact) mass is 289 g/mol. The molecule has 116 valence electrons. The predicted molar refractivity (Wildman–Crippen MR) is 85.8 cm³/mol. The standard InChI is InChI=1S/C17H27N3O/c18-11-12-20(16-9-5-2-6-10-16)14-17(21)19-13-15-7-3-1-4-8-15/h1,3-4,7-8,16H,2,5-6,9-14,18H2,(H,19,21). The van der Waals surface area contributed by atoms with Gasteiger partial charge in [-0.3, -0.25) is 9.69 Å². The van der Waals surface area contributed by atoms with Crippen LogP contribution in [-0.2, 0) is 11.3 Å². The van der Waals surface area contributed by atoms with Gasteiger partial charge in [0.1, 0.15) is 0 Å². The zero-order valence-electron chi connectivity index (χ0n) is 12.8. The zero-order valence-corrected chi connectivity index (χ0v) is 12.8. The first-order valence-electron chi connectivity index (χ1n) is 8.04. The third kappa shape index (κ3) is 5.48. The Labute approximate surface area is 127 Å². The third-order valence-corrected chi connectivity index (χ3v) is 4.19. The molecule has 0 aromatic heterocycles. The van der Waals surface area contributed by atoms with Crippen LogP contribution >= 0.6 is 0 Å². The lowest BCUT2D eigenvalue weighted by Crippen LogP contribution is -2.45. The summed E-state index contributed by atoms with van der Waals surface area (Å²) < 4.78 is 0. The first kappa shape index (κ1) is 16.0. The van der Waals surface area contributed by atoms with Gasteiger partial charge < -0.3 is 11.1 Å². The molecule has 1 saturated carbocycles. The average Bonchev–Trinajstić information content (AvgIpc) is 2.54. The molecule has 1 aliphatic carbocycles. The van der Waals surface area contributed by atoms with Crippen molar-refractivity contribution >= 4 is 5.91 Å². The SMILES string of the molecule is NCCN(CC(=O)NCc1ccccc1)C1CCCCC1. The van der Waals surface area contributed by atoms with Crippen molar-refractivity contribution < 1.29 is 4.79 Å². The molecule has 0 unspecified atom stereocenters. The van der Waals surface area contributed by atoms with E-state index in [9.17, 15) is 4.79 Å². The maximum atomic E-state index is 12.2. The lowest BCUT2D eigenvalue weighted by Gasteiger charge is -2.33. The molecule has 0 bridgehead atoms. The highest BCUT2D eigenvalue weighted by molar-refractivity contribution is 5.78. The van der Waals surface area contributed by atoms with E-state index in [2.05, 4.69) is 10.2 Å². The summed E-state index contributed by atoms with van der Waals surface area (Å²) in [5.74, 6) is 0.0953. The van der Waals surface area contributed by atoms with E-state index in [4.69, 9.17) is 5.73 Å². The number of nitrogens with zero attached hydrogens (tertiary/aromatic N) is 1. The summed E-state index contributed by atoms with van der Waals surface area (Å²) in [5, 5.41) is 3.01. The first-order valence-corrected chi connectivity index (χ1v) is 8.04. The molecule has 3 N–H and O–H groups in total. The zero-order chi connectivity index (χ0) is 14.9. The number of hydrogen-bond acceptors (Lipinski definition) is 3. The van der Waals surface area contributed by atoms with Gasteiger partial charge in [-0.2, -0.15) is 0 Å². The topological polar surface area (TPSA) is 58.4 Å². The Hall–Kier alpha value is -1.39. The van der Waals surface area contributed by atoms with Crippen molar-refractivity contribution in [3.05, 3.63) is 35.9 Å². The molecule has 1 amide bonds. The predicted octanol–water partition coefficient (Wildman–Crippen LogP) is 1.90. The molecule has 1 aromatic carbocycles. The van der Waals surface area contributed by atoms with Gasteiger partial charge in [0, 0.05) is 25.7 Å². The van der Waals surface area contributed by atoms with Gasteiger partial charge in [0.15, 0.2) is 0 Å². The van der Waals surface area contributed by atoms with Gasteiger partial charge in [0.2, 0.25) is 5.91 Å². The fraction of sp³-hybridized carbons (Fsp3) is 0.588. The second-order valence-electron chi connectivity index (χ2n) is 5.81. The summed E-state index contributed by atoms with van der Waals surface area (Å²) in [6.45, 7) is 2.49. The summed E-state index contributed by atoms with van der Waals surface area (Å²) in [5.41, 5.74) is 6.84. The Morgan fingerprint density at radius 2 is 1.90 bits per heavy atom. The molecule has 1 aromatic rings. The number of benzene rings is 1. The van der Waals surface area contributed by atoms with Crippen molar-refractivity contribution in [1.82, 2.24) is 10.2 Å². The fourth-order valence-corrected chi connectivity index (χ4v) is 3.04. The third-order valence-electron chi connectivity index (χ3n) is 4.19. The van der Waals surface area contributed by atoms with Crippen molar-refractivity contribution in [2.24, 2.45) is 5.73 Å². The van der Waals surface area contributed by atoms with Crippen molar-refractivity contribution in [3.63, 3.8) is 0 Å². The highest BCUT2D eigenvalue weighted by atomic mass is 16.2. The van der Waals surface area contributed by atoms with Gasteiger partial charge in [-0.15, -0.1) is 0 Å². The van der Waals surface area contributed by atoms with E-state index < -0.39 is 0 Å². The molecule has 0 saturated heterocycles. The highest BCUT2D eigenvalue weighted by Gasteiger charge is 2.22. The van der Waals surface area contributed by atoms with E-state index in [0.717, 1.165) is 12.1 Å². The molecule has 1 fully saturated rings. The largest absolute Gasteiger partial charge is 0.351 e. The molecule has 2 rings (SSSR count). The Morgan fingerprint density at radius 1 is 1.19 bits per heavy atom. The van der Waals surface area contributed by atoms with Crippen LogP contribution in [0.15, 0.2) is 30.3 Å². The molecule has 0 atom stereocenters. The van der Waals surface area contributed by atoms with Gasteiger partial charge in [0.25, 0.3) is 0 Å². The Bertz CT molecular complexity index is 415. The second kappa shape index (κ2) is 8.80. The van der Waals surface area contributed by atoms with Crippen LogP contribution in [0.2, 0.25) is 0 Å². The Morgan fingerprint density at radius 3 is 2.57 bits per heavy atom. The summed E-state index contributed by atoms with van der Waals surface area (Å²) in [6, 6.07) is 10.6. The van der Waals surface area contributed by atoms with E-state index in [0.29, 0.717) is 25.7 Å². The van der Waals surface area contributed by atoms with Crippen LogP contribution < -0.4 is 11.1 Å². The minimum atomic E-state index is 0.0953. The van der Waals surface area contributed by atoms with Crippen LogP contribution in [-0.4, -0.2) is 36.5 Å².